The molecule has 1 fully saturated rings. The lowest BCUT2D eigenvalue weighted by Crippen LogP contribution is -2.43. The Balaban J connectivity index is 1.47. The van der Waals surface area contributed by atoms with Crippen molar-refractivity contribution in [2.45, 2.75) is 0 Å². The number of hydrogen-bond donors (Lipinski definition) is 0. The second-order valence-corrected chi connectivity index (χ2v) is 8.14. The number of nitrogens with zero attached hydrogens (tertiary/aromatic N) is 5. The summed E-state index contributed by atoms with van der Waals surface area (Å²) in [6.45, 7) is 4.58. The van der Waals surface area contributed by atoms with E-state index in [9.17, 15) is 4.79 Å². The van der Waals surface area contributed by atoms with Crippen molar-refractivity contribution in [3.05, 3.63) is 60.4 Å². The first-order valence-electron chi connectivity index (χ1n) is 9.96. The van der Waals surface area contributed by atoms with Crippen molar-refractivity contribution >= 4 is 43.6 Å². The number of aromatic nitrogens is 3. The highest BCUT2D eigenvalue weighted by Gasteiger charge is 2.23. The van der Waals surface area contributed by atoms with E-state index in [4.69, 9.17) is 9.72 Å². The van der Waals surface area contributed by atoms with E-state index in [1.165, 1.54) is 0 Å². The number of para-hydroxylation sites is 1. The zero-order chi connectivity index (χ0) is 20.3. The molecule has 8 heteroatoms. The summed E-state index contributed by atoms with van der Waals surface area (Å²) in [5.74, 6) is -0.0742. The Bertz CT molecular complexity index is 1160. The standard InChI is InChI=1S/C22H21N5O2S/c28-21(16-5-6-17-19(15-16)24-8-7-23-17)27(10-9-26-11-13-29-14-12-26)22-25-18-3-1-2-4-20(18)30-22/h1-8,15H,9-14H2. The number of morpholine rings is 1. The molecule has 1 aliphatic rings. The average molecular weight is 420 g/mol. The normalized spacial score (nSPS) is 14.9. The van der Waals surface area contributed by atoms with Crippen molar-refractivity contribution in [2.24, 2.45) is 0 Å². The fraction of sp³-hybridized carbons (Fsp3) is 0.273. The first-order valence-corrected chi connectivity index (χ1v) is 10.8. The fourth-order valence-corrected chi connectivity index (χ4v) is 4.57. The third-order valence-electron chi connectivity index (χ3n) is 5.22. The molecule has 0 bridgehead atoms. The number of anilines is 1. The predicted molar refractivity (Wildman–Crippen MR) is 118 cm³/mol. The molecule has 2 aromatic carbocycles. The molecule has 0 saturated carbocycles. The first kappa shape index (κ1) is 19.0. The van der Waals surface area contributed by atoms with Gasteiger partial charge in [-0.1, -0.05) is 23.5 Å². The number of amides is 1. The Morgan fingerprint density at radius 3 is 2.67 bits per heavy atom. The minimum absolute atomic E-state index is 0.0742. The van der Waals surface area contributed by atoms with Gasteiger partial charge in [0.15, 0.2) is 5.13 Å². The van der Waals surface area contributed by atoms with Crippen molar-refractivity contribution in [3.8, 4) is 0 Å². The largest absolute Gasteiger partial charge is 0.379 e. The van der Waals surface area contributed by atoms with Gasteiger partial charge in [-0.05, 0) is 30.3 Å². The molecule has 2 aromatic heterocycles. The molecular formula is C22H21N5O2S. The van der Waals surface area contributed by atoms with E-state index in [2.05, 4.69) is 14.9 Å². The van der Waals surface area contributed by atoms with E-state index in [0.29, 0.717) is 22.8 Å². The van der Waals surface area contributed by atoms with Crippen LogP contribution >= 0.6 is 11.3 Å². The van der Waals surface area contributed by atoms with Crippen LogP contribution in [0.3, 0.4) is 0 Å². The molecule has 4 aromatic rings. The Morgan fingerprint density at radius 2 is 1.83 bits per heavy atom. The van der Waals surface area contributed by atoms with Crippen LogP contribution in [0.15, 0.2) is 54.9 Å². The van der Waals surface area contributed by atoms with Crippen LogP contribution in [0.5, 0.6) is 0 Å². The third kappa shape index (κ3) is 3.89. The number of ether oxygens (including phenoxy) is 1. The van der Waals surface area contributed by atoms with Gasteiger partial charge in [-0.25, -0.2) is 4.98 Å². The molecule has 1 saturated heterocycles. The van der Waals surface area contributed by atoms with Crippen molar-refractivity contribution in [1.29, 1.82) is 0 Å². The quantitative estimate of drug-likeness (QED) is 0.495. The van der Waals surface area contributed by atoms with Crippen molar-refractivity contribution < 1.29 is 9.53 Å². The summed E-state index contributed by atoms with van der Waals surface area (Å²) < 4.78 is 6.51. The van der Waals surface area contributed by atoms with Crippen molar-refractivity contribution in [1.82, 2.24) is 19.9 Å². The van der Waals surface area contributed by atoms with E-state index in [-0.39, 0.29) is 5.91 Å². The van der Waals surface area contributed by atoms with Crippen molar-refractivity contribution in [3.63, 3.8) is 0 Å². The lowest BCUT2D eigenvalue weighted by Gasteiger charge is -2.29. The Morgan fingerprint density at radius 1 is 1.03 bits per heavy atom. The van der Waals surface area contributed by atoms with Crippen LogP contribution in [-0.4, -0.2) is 65.2 Å². The minimum Gasteiger partial charge on any atom is -0.379 e. The van der Waals surface area contributed by atoms with Gasteiger partial charge in [0, 0.05) is 44.1 Å². The molecule has 0 radical (unpaired) electrons. The summed E-state index contributed by atoms with van der Waals surface area (Å²) in [7, 11) is 0. The van der Waals surface area contributed by atoms with E-state index in [1.54, 1.807) is 34.7 Å². The highest BCUT2D eigenvalue weighted by molar-refractivity contribution is 7.22. The molecule has 0 spiro atoms. The van der Waals surface area contributed by atoms with Gasteiger partial charge in [-0.15, -0.1) is 0 Å². The van der Waals surface area contributed by atoms with Crippen LogP contribution < -0.4 is 4.90 Å². The maximum atomic E-state index is 13.5. The van der Waals surface area contributed by atoms with Crippen LogP contribution in [-0.2, 0) is 4.74 Å². The summed E-state index contributed by atoms with van der Waals surface area (Å²) in [5, 5.41) is 0.716. The summed E-state index contributed by atoms with van der Waals surface area (Å²) in [5.41, 5.74) is 2.98. The average Bonchev–Trinajstić information content (AvgIpc) is 3.23. The van der Waals surface area contributed by atoms with E-state index in [0.717, 1.165) is 48.6 Å². The number of fused-ring (bicyclic) bond motifs is 2. The molecule has 7 nitrogen and oxygen atoms in total. The summed E-state index contributed by atoms with van der Waals surface area (Å²) in [6, 6.07) is 13.4. The van der Waals surface area contributed by atoms with Crippen molar-refractivity contribution in [2.75, 3.05) is 44.3 Å². The Kier molecular flexibility index (Phi) is 5.35. The smallest absolute Gasteiger partial charge is 0.260 e. The first-order chi connectivity index (χ1) is 14.8. The molecule has 0 aliphatic carbocycles. The molecule has 30 heavy (non-hydrogen) atoms. The predicted octanol–water partition coefficient (Wildman–Crippen LogP) is 3.22. The van der Waals surface area contributed by atoms with Gasteiger partial charge in [0.1, 0.15) is 0 Å². The van der Waals surface area contributed by atoms with E-state index >= 15 is 0 Å². The highest BCUT2D eigenvalue weighted by Crippen LogP contribution is 2.29. The third-order valence-corrected chi connectivity index (χ3v) is 6.28. The van der Waals surface area contributed by atoms with Gasteiger partial charge in [0.2, 0.25) is 0 Å². The molecule has 152 valence electrons. The second-order valence-electron chi connectivity index (χ2n) is 7.13. The number of carbonyl (C=O) groups excluding carboxylic acids is 1. The van der Waals surface area contributed by atoms with Gasteiger partial charge in [-0.3, -0.25) is 24.6 Å². The second kappa shape index (κ2) is 8.43. The molecule has 0 unspecified atom stereocenters. The number of hydrogen-bond acceptors (Lipinski definition) is 7. The summed E-state index contributed by atoms with van der Waals surface area (Å²) in [6.07, 6.45) is 3.29. The van der Waals surface area contributed by atoms with Gasteiger partial charge in [-0.2, -0.15) is 0 Å². The fourth-order valence-electron chi connectivity index (χ4n) is 3.58. The monoisotopic (exact) mass is 419 g/mol. The zero-order valence-corrected chi connectivity index (χ0v) is 17.2. The molecule has 0 N–H and O–H groups in total. The van der Waals surface area contributed by atoms with Gasteiger partial charge < -0.3 is 4.74 Å². The SMILES string of the molecule is O=C(c1ccc2nccnc2c1)N(CCN1CCOCC1)c1nc2ccccc2s1. The van der Waals surface area contributed by atoms with Crippen LogP contribution in [0.25, 0.3) is 21.3 Å². The van der Waals surface area contributed by atoms with E-state index < -0.39 is 0 Å². The molecule has 5 rings (SSSR count). The highest BCUT2D eigenvalue weighted by atomic mass is 32.1. The molecule has 0 atom stereocenters. The van der Waals surface area contributed by atoms with Gasteiger partial charge in [0.25, 0.3) is 5.91 Å². The van der Waals surface area contributed by atoms with Crippen LogP contribution in [0, 0.1) is 0 Å². The summed E-state index contributed by atoms with van der Waals surface area (Å²) in [4.78, 5) is 31.0. The molecular weight excluding hydrogens is 398 g/mol. The zero-order valence-electron chi connectivity index (χ0n) is 16.4. The van der Waals surface area contributed by atoms with Crippen LogP contribution in [0.2, 0.25) is 0 Å². The summed E-state index contributed by atoms with van der Waals surface area (Å²) >= 11 is 1.54. The van der Waals surface area contributed by atoms with Crippen LogP contribution in [0.1, 0.15) is 10.4 Å². The molecule has 3 heterocycles. The lowest BCUT2D eigenvalue weighted by molar-refractivity contribution is 0.0391. The number of carbonyl (C=O) groups is 1. The van der Waals surface area contributed by atoms with Gasteiger partial charge in [0.05, 0.1) is 34.5 Å². The topological polar surface area (TPSA) is 71.5 Å². The van der Waals surface area contributed by atoms with E-state index in [1.807, 2.05) is 36.4 Å². The number of thiazole rings is 1. The lowest BCUT2D eigenvalue weighted by atomic mass is 10.1. The number of benzene rings is 2. The van der Waals surface area contributed by atoms with Gasteiger partial charge >= 0.3 is 0 Å². The Hall–Kier alpha value is -2.94. The molecule has 1 amide bonds. The Labute approximate surface area is 177 Å². The minimum atomic E-state index is -0.0742. The van der Waals surface area contributed by atoms with Crippen LogP contribution in [0.4, 0.5) is 5.13 Å². The maximum absolute atomic E-state index is 13.5. The molecule has 1 aliphatic heterocycles. The maximum Gasteiger partial charge on any atom is 0.260 e. The number of rotatable bonds is 5.